The van der Waals surface area contributed by atoms with Gasteiger partial charge >= 0.3 is 0 Å². The van der Waals surface area contributed by atoms with Crippen molar-refractivity contribution in [2.24, 2.45) is 0 Å². The Bertz CT molecular complexity index is 665. The largest absolute Gasteiger partial charge is 0.496 e. The maximum absolute atomic E-state index is 12.2. The number of rotatable bonds is 6. The van der Waals surface area contributed by atoms with Crippen LogP contribution in [0.1, 0.15) is 33.6 Å². The SMILES string of the molecule is COc1ccccc1C(=O)CCC(=O)c1ccccc1Cl. The Morgan fingerprint density at radius 2 is 1.43 bits per heavy atom. The van der Waals surface area contributed by atoms with Crippen LogP contribution >= 0.6 is 11.6 Å². The standard InChI is InChI=1S/C17H15ClO3/c1-21-17-9-5-3-7-13(17)16(20)11-10-15(19)12-6-2-4-8-14(12)18/h2-9H,10-11H2,1H3. The Labute approximate surface area is 128 Å². The highest BCUT2D eigenvalue weighted by molar-refractivity contribution is 6.34. The molecule has 21 heavy (non-hydrogen) atoms. The molecule has 0 aliphatic rings. The van der Waals surface area contributed by atoms with Gasteiger partial charge in [-0.3, -0.25) is 9.59 Å². The summed E-state index contributed by atoms with van der Waals surface area (Å²) in [5.74, 6) is 0.268. The molecule has 0 radical (unpaired) electrons. The van der Waals surface area contributed by atoms with Crippen LogP contribution in [0.15, 0.2) is 48.5 Å². The summed E-state index contributed by atoms with van der Waals surface area (Å²) in [6.07, 6.45) is 0.255. The molecule has 0 spiro atoms. The molecule has 4 heteroatoms. The highest BCUT2D eigenvalue weighted by Gasteiger charge is 2.15. The molecule has 0 saturated heterocycles. The van der Waals surface area contributed by atoms with E-state index in [2.05, 4.69) is 0 Å². The summed E-state index contributed by atoms with van der Waals surface area (Å²) in [4.78, 5) is 24.3. The first kappa shape index (κ1) is 15.3. The zero-order valence-electron chi connectivity index (χ0n) is 11.6. The minimum Gasteiger partial charge on any atom is -0.496 e. The van der Waals surface area contributed by atoms with Gasteiger partial charge in [-0.15, -0.1) is 0 Å². The maximum atomic E-state index is 12.2. The third-order valence-electron chi connectivity index (χ3n) is 3.16. The lowest BCUT2D eigenvalue weighted by Gasteiger charge is -2.07. The molecule has 0 atom stereocenters. The monoisotopic (exact) mass is 302 g/mol. The van der Waals surface area contributed by atoms with Gasteiger partial charge in [0.25, 0.3) is 0 Å². The first-order chi connectivity index (χ1) is 10.1. The molecule has 0 aliphatic carbocycles. The number of hydrogen-bond acceptors (Lipinski definition) is 3. The maximum Gasteiger partial charge on any atom is 0.167 e. The molecular weight excluding hydrogens is 288 g/mol. The van der Waals surface area contributed by atoms with E-state index < -0.39 is 0 Å². The van der Waals surface area contributed by atoms with Gasteiger partial charge < -0.3 is 4.74 Å². The zero-order valence-corrected chi connectivity index (χ0v) is 12.4. The van der Waals surface area contributed by atoms with E-state index in [0.717, 1.165) is 0 Å². The van der Waals surface area contributed by atoms with Crippen LogP contribution < -0.4 is 4.74 Å². The summed E-state index contributed by atoms with van der Waals surface area (Å²) in [6.45, 7) is 0. The number of Topliss-reactive ketones (excluding diaryl/α,β-unsaturated/α-hetero) is 2. The minimum atomic E-state index is -0.135. The Morgan fingerprint density at radius 3 is 2.05 bits per heavy atom. The lowest BCUT2D eigenvalue weighted by Crippen LogP contribution is -2.07. The van der Waals surface area contributed by atoms with Gasteiger partial charge in [0.05, 0.1) is 17.7 Å². The molecule has 108 valence electrons. The van der Waals surface area contributed by atoms with Crippen LogP contribution in [0.25, 0.3) is 0 Å². The second kappa shape index (κ2) is 7.04. The van der Waals surface area contributed by atoms with Gasteiger partial charge in [-0.05, 0) is 24.3 Å². The average molecular weight is 303 g/mol. The van der Waals surface area contributed by atoms with Gasteiger partial charge in [0.1, 0.15) is 5.75 Å². The predicted octanol–water partition coefficient (Wildman–Crippen LogP) is 4.19. The topological polar surface area (TPSA) is 43.4 Å². The van der Waals surface area contributed by atoms with E-state index >= 15 is 0 Å². The summed E-state index contributed by atoms with van der Waals surface area (Å²) in [5.41, 5.74) is 0.943. The van der Waals surface area contributed by atoms with Crippen molar-refractivity contribution in [3.05, 3.63) is 64.7 Å². The fraction of sp³-hybridized carbons (Fsp3) is 0.176. The molecule has 2 aromatic carbocycles. The van der Waals surface area contributed by atoms with Crippen molar-refractivity contribution in [1.29, 1.82) is 0 Å². The smallest absolute Gasteiger partial charge is 0.167 e. The van der Waals surface area contributed by atoms with Gasteiger partial charge in [0.2, 0.25) is 0 Å². The quantitative estimate of drug-likeness (QED) is 0.751. The first-order valence-corrected chi connectivity index (χ1v) is 6.95. The molecule has 0 saturated carbocycles. The number of ether oxygens (including phenoxy) is 1. The van der Waals surface area contributed by atoms with Gasteiger partial charge in [-0.2, -0.15) is 0 Å². The van der Waals surface area contributed by atoms with Gasteiger partial charge in [0.15, 0.2) is 11.6 Å². The van der Waals surface area contributed by atoms with Crippen molar-refractivity contribution >= 4 is 23.2 Å². The second-order valence-electron chi connectivity index (χ2n) is 4.53. The minimum absolute atomic E-state index is 0.118. The number of benzene rings is 2. The van der Waals surface area contributed by atoms with Crippen LogP contribution in [0.2, 0.25) is 5.02 Å². The van der Waals surface area contributed by atoms with Crippen LogP contribution in [0.5, 0.6) is 5.75 Å². The summed E-state index contributed by atoms with van der Waals surface area (Å²) in [6, 6.07) is 13.8. The third kappa shape index (κ3) is 3.70. The normalized spacial score (nSPS) is 10.2. The Hall–Kier alpha value is -2.13. The molecule has 0 aromatic heterocycles. The molecule has 2 rings (SSSR count). The molecule has 0 bridgehead atoms. The van der Waals surface area contributed by atoms with E-state index in [1.165, 1.54) is 7.11 Å². The number of hydrogen-bond donors (Lipinski definition) is 0. The molecule has 0 unspecified atom stereocenters. The van der Waals surface area contributed by atoms with Gasteiger partial charge in [-0.1, -0.05) is 35.9 Å². The van der Waals surface area contributed by atoms with Gasteiger partial charge in [-0.25, -0.2) is 0 Å². The molecule has 2 aromatic rings. The lowest BCUT2D eigenvalue weighted by atomic mass is 10.0. The molecule has 0 fully saturated rings. The Morgan fingerprint density at radius 1 is 0.905 bits per heavy atom. The number of halogens is 1. The number of carbonyl (C=O) groups excluding carboxylic acids is 2. The summed E-state index contributed by atoms with van der Waals surface area (Å²) >= 11 is 5.97. The van der Waals surface area contributed by atoms with E-state index in [4.69, 9.17) is 16.3 Å². The second-order valence-corrected chi connectivity index (χ2v) is 4.93. The van der Waals surface area contributed by atoms with Gasteiger partial charge in [0, 0.05) is 18.4 Å². The van der Waals surface area contributed by atoms with E-state index in [-0.39, 0.29) is 24.4 Å². The summed E-state index contributed by atoms with van der Waals surface area (Å²) < 4.78 is 5.15. The highest BCUT2D eigenvalue weighted by Crippen LogP contribution is 2.21. The highest BCUT2D eigenvalue weighted by atomic mass is 35.5. The van der Waals surface area contributed by atoms with E-state index in [0.29, 0.717) is 21.9 Å². The van der Waals surface area contributed by atoms with Crippen LogP contribution in [0.3, 0.4) is 0 Å². The molecule has 0 N–H and O–H groups in total. The fourth-order valence-corrected chi connectivity index (χ4v) is 2.30. The molecule has 0 amide bonds. The molecule has 0 aliphatic heterocycles. The van der Waals surface area contributed by atoms with Crippen LogP contribution in [0.4, 0.5) is 0 Å². The molecular formula is C17H15ClO3. The first-order valence-electron chi connectivity index (χ1n) is 6.57. The lowest BCUT2D eigenvalue weighted by molar-refractivity contribution is 0.0916. The number of para-hydroxylation sites is 1. The van der Waals surface area contributed by atoms with E-state index in [1.54, 1.807) is 48.5 Å². The number of methoxy groups -OCH3 is 1. The van der Waals surface area contributed by atoms with Crippen molar-refractivity contribution in [3.8, 4) is 5.75 Å². The summed E-state index contributed by atoms with van der Waals surface area (Å²) in [5, 5.41) is 0.409. The Kier molecular flexibility index (Phi) is 5.12. The van der Waals surface area contributed by atoms with Crippen molar-refractivity contribution in [2.45, 2.75) is 12.8 Å². The summed E-state index contributed by atoms with van der Waals surface area (Å²) in [7, 11) is 1.51. The van der Waals surface area contributed by atoms with Crippen molar-refractivity contribution < 1.29 is 14.3 Å². The third-order valence-corrected chi connectivity index (χ3v) is 3.49. The van der Waals surface area contributed by atoms with Crippen molar-refractivity contribution in [3.63, 3.8) is 0 Å². The number of ketones is 2. The zero-order chi connectivity index (χ0) is 15.2. The molecule has 0 heterocycles. The van der Waals surface area contributed by atoms with E-state index in [1.807, 2.05) is 0 Å². The van der Waals surface area contributed by atoms with Crippen LogP contribution in [-0.2, 0) is 0 Å². The van der Waals surface area contributed by atoms with E-state index in [9.17, 15) is 9.59 Å². The van der Waals surface area contributed by atoms with Crippen molar-refractivity contribution in [2.75, 3.05) is 7.11 Å². The Balaban J connectivity index is 2.05. The number of carbonyl (C=O) groups is 2. The average Bonchev–Trinajstić information content (AvgIpc) is 2.52. The van der Waals surface area contributed by atoms with Crippen LogP contribution in [-0.4, -0.2) is 18.7 Å². The van der Waals surface area contributed by atoms with Crippen LogP contribution in [0, 0.1) is 0 Å². The van der Waals surface area contributed by atoms with Crippen molar-refractivity contribution in [1.82, 2.24) is 0 Å². The molecule has 3 nitrogen and oxygen atoms in total. The fourth-order valence-electron chi connectivity index (χ4n) is 2.06. The predicted molar refractivity (Wildman–Crippen MR) is 82.3 cm³/mol.